The quantitative estimate of drug-likeness (QED) is 0.603. The maximum Gasteiger partial charge on any atom is 0.306 e. The number of anilines is 2. The first kappa shape index (κ1) is 22.0. The molecule has 0 aromatic heterocycles. The molecule has 0 unspecified atom stereocenters. The summed E-state index contributed by atoms with van der Waals surface area (Å²) in [6.07, 6.45) is -0.228. The highest BCUT2D eigenvalue weighted by atomic mass is 35.5. The molecule has 0 saturated heterocycles. The number of nitrogens with one attached hydrogen (secondary N) is 2. The number of rotatable bonds is 9. The molecule has 0 saturated carbocycles. The summed E-state index contributed by atoms with van der Waals surface area (Å²) >= 11 is 5.77. The molecule has 0 heterocycles. The van der Waals surface area contributed by atoms with Gasteiger partial charge in [-0.25, -0.2) is 0 Å². The van der Waals surface area contributed by atoms with Crippen LogP contribution in [0.4, 0.5) is 11.4 Å². The van der Waals surface area contributed by atoms with Gasteiger partial charge in [0.05, 0.1) is 26.3 Å². The molecule has 0 bridgehead atoms. The van der Waals surface area contributed by atoms with Crippen molar-refractivity contribution in [2.75, 3.05) is 31.5 Å². The highest BCUT2D eigenvalue weighted by Gasteiger charge is 2.13. The molecule has 2 rings (SSSR count). The summed E-state index contributed by atoms with van der Waals surface area (Å²) in [6.45, 7) is -0.479. The normalized spacial score (nSPS) is 10.0. The van der Waals surface area contributed by atoms with Crippen molar-refractivity contribution in [1.29, 1.82) is 0 Å². The Kier molecular flexibility index (Phi) is 8.29. The second-order valence-corrected chi connectivity index (χ2v) is 6.27. The average molecular weight is 421 g/mol. The summed E-state index contributed by atoms with van der Waals surface area (Å²) in [5, 5.41) is 5.77. The van der Waals surface area contributed by atoms with Crippen molar-refractivity contribution in [3.63, 3.8) is 0 Å². The number of esters is 1. The lowest BCUT2D eigenvalue weighted by atomic mass is 10.2. The van der Waals surface area contributed by atoms with Crippen molar-refractivity contribution < 1.29 is 28.6 Å². The third-order valence-corrected chi connectivity index (χ3v) is 3.98. The Balaban J connectivity index is 1.73. The summed E-state index contributed by atoms with van der Waals surface area (Å²) in [4.78, 5) is 35.6. The van der Waals surface area contributed by atoms with Gasteiger partial charge in [0.1, 0.15) is 11.5 Å². The minimum Gasteiger partial charge on any atom is -0.497 e. The Morgan fingerprint density at radius 2 is 1.62 bits per heavy atom. The molecular formula is C20H21ClN2O6. The first-order chi connectivity index (χ1) is 13.9. The third kappa shape index (κ3) is 7.34. The van der Waals surface area contributed by atoms with Gasteiger partial charge >= 0.3 is 5.97 Å². The van der Waals surface area contributed by atoms with Crippen LogP contribution in [0, 0.1) is 0 Å². The van der Waals surface area contributed by atoms with E-state index in [1.165, 1.54) is 14.2 Å². The number of hydrogen-bond donors (Lipinski definition) is 2. The van der Waals surface area contributed by atoms with Crippen LogP contribution < -0.4 is 20.1 Å². The molecule has 2 aromatic carbocycles. The summed E-state index contributed by atoms with van der Waals surface area (Å²) in [7, 11) is 2.97. The van der Waals surface area contributed by atoms with E-state index in [2.05, 4.69) is 10.6 Å². The molecule has 0 aliphatic heterocycles. The van der Waals surface area contributed by atoms with Crippen LogP contribution in [0.25, 0.3) is 0 Å². The molecule has 0 aliphatic rings. The summed E-state index contributed by atoms with van der Waals surface area (Å²) in [5.41, 5.74) is 0.984. The van der Waals surface area contributed by atoms with Crippen LogP contribution >= 0.6 is 11.6 Å². The topological polar surface area (TPSA) is 103 Å². The number of carbonyl (C=O) groups excluding carboxylic acids is 3. The number of benzene rings is 2. The number of ether oxygens (including phenoxy) is 3. The first-order valence-electron chi connectivity index (χ1n) is 8.64. The van der Waals surface area contributed by atoms with E-state index in [9.17, 15) is 14.4 Å². The molecule has 29 heavy (non-hydrogen) atoms. The predicted molar refractivity (Wildman–Crippen MR) is 108 cm³/mol. The fraction of sp³-hybridized carbons (Fsp3) is 0.250. The Morgan fingerprint density at radius 3 is 2.28 bits per heavy atom. The van der Waals surface area contributed by atoms with Gasteiger partial charge in [0, 0.05) is 23.2 Å². The third-order valence-electron chi connectivity index (χ3n) is 3.73. The summed E-state index contributed by atoms with van der Waals surface area (Å²) in [6, 6.07) is 11.5. The Morgan fingerprint density at radius 1 is 0.897 bits per heavy atom. The van der Waals surface area contributed by atoms with E-state index in [0.717, 1.165) is 0 Å². The van der Waals surface area contributed by atoms with Crippen LogP contribution in [-0.2, 0) is 19.1 Å². The van der Waals surface area contributed by atoms with Crippen LogP contribution in [-0.4, -0.2) is 38.6 Å². The minimum absolute atomic E-state index is 0.0740. The number of amides is 2. The van der Waals surface area contributed by atoms with Gasteiger partial charge in [0.25, 0.3) is 5.91 Å². The average Bonchev–Trinajstić information content (AvgIpc) is 2.72. The summed E-state index contributed by atoms with van der Waals surface area (Å²) in [5.74, 6) is -0.566. The lowest BCUT2D eigenvalue weighted by Gasteiger charge is -2.11. The van der Waals surface area contributed by atoms with E-state index in [1.54, 1.807) is 42.5 Å². The molecule has 9 heteroatoms. The molecule has 0 spiro atoms. The molecular weight excluding hydrogens is 400 g/mol. The molecule has 2 amide bonds. The lowest BCUT2D eigenvalue weighted by Crippen LogP contribution is -2.22. The molecule has 154 valence electrons. The van der Waals surface area contributed by atoms with Gasteiger partial charge < -0.3 is 24.8 Å². The van der Waals surface area contributed by atoms with Gasteiger partial charge in [-0.3, -0.25) is 14.4 Å². The van der Waals surface area contributed by atoms with Crippen molar-refractivity contribution in [2.24, 2.45) is 0 Å². The van der Waals surface area contributed by atoms with E-state index in [0.29, 0.717) is 27.9 Å². The number of methoxy groups -OCH3 is 2. The molecule has 8 nitrogen and oxygen atoms in total. The first-order valence-corrected chi connectivity index (χ1v) is 9.02. The van der Waals surface area contributed by atoms with Crippen molar-refractivity contribution in [3.05, 3.63) is 47.5 Å². The Hall–Kier alpha value is -3.26. The zero-order chi connectivity index (χ0) is 21.2. The maximum atomic E-state index is 12.0. The second kappa shape index (κ2) is 10.9. The van der Waals surface area contributed by atoms with Crippen molar-refractivity contribution in [2.45, 2.75) is 12.8 Å². The Bertz CT molecular complexity index is 870. The number of carbonyl (C=O) groups is 3. The van der Waals surface area contributed by atoms with Gasteiger partial charge in [-0.05, 0) is 36.4 Å². The minimum atomic E-state index is -0.659. The highest BCUT2D eigenvalue weighted by molar-refractivity contribution is 6.30. The molecule has 0 fully saturated rings. The zero-order valence-corrected chi connectivity index (χ0v) is 16.7. The van der Waals surface area contributed by atoms with Gasteiger partial charge in [0.15, 0.2) is 6.61 Å². The van der Waals surface area contributed by atoms with Crippen LogP contribution in [0.15, 0.2) is 42.5 Å². The van der Waals surface area contributed by atoms with E-state index >= 15 is 0 Å². The van der Waals surface area contributed by atoms with Crippen molar-refractivity contribution >= 4 is 40.8 Å². The van der Waals surface area contributed by atoms with Crippen LogP contribution in [0.5, 0.6) is 11.5 Å². The van der Waals surface area contributed by atoms with Crippen molar-refractivity contribution in [3.8, 4) is 11.5 Å². The van der Waals surface area contributed by atoms with E-state index in [4.69, 9.17) is 25.8 Å². The lowest BCUT2D eigenvalue weighted by molar-refractivity contribution is -0.147. The highest BCUT2D eigenvalue weighted by Crippen LogP contribution is 2.28. The van der Waals surface area contributed by atoms with Crippen LogP contribution in [0.2, 0.25) is 5.02 Å². The number of hydrogen-bond acceptors (Lipinski definition) is 6. The monoisotopic (exact) mass is 420 g/mol. The van der Waals surface area contributed by atoms with Gasteiger partial charge in [-0.2, -0.15) is 0 Å². The predicted octanol–water partition coefficient (Wildman–Crippen LogP) is 3.26. The van der Waals surface area contributed by atoms with Gasteiger partial charge in [-0.1, -0.05) is 11.6 Å². The molecule has 2 aromatic rings. The van der Waals surface area contributed by atoms with Crippen LogP contribution in [0.3, 0.4) is 0 Å². The Labute approximate surface area is 173 Å². The second-order valence-electron chi connectivity index (χ2n) is 5.83. The largest absolute Gasteiger partial charge is 0.497 e. The standard InChI is InChI=1S/C20H21ClN2O6/c1-27-15-7-8-16(17(11-15)28-2)23-19(25)12-29-20(26)10-9-18(24)22-14-5-3-13(21)4-6-14/h3-8,11H,9-10,12H2,1-2H3,(H,22,24)(H,23,25). The molecule has 0 atom stereocenters. The van der Waals surface area contributed by atoms with Gasteiger partial charge in [-0.15, -0.1) is 0 Å². The maximum absolute atomic E-state index is 12.0. The summed E-state index contributed by atoms with van der Waals surface area (Å²) < 4.78 is 15.2. The fourth-order valence-corrected chi connectivity index (χ4v) is 2.40. The number of halogens is 1. The smallest absolute Gasteiger partial charge is 0.306 e. The van der Waals surface area contributed by atoms with E-state index < -0.39 is 18.5 Å². The molecule has 0 radical (unpaired) electrons. The zero-order valence-electron chi connectivity index (χ0n) is 16.0. The van der Waals surface area contributed by atoms with E-state index in [1.807, 2.05) is 0 Å². The SMILES string of the molecule is COc1ccc(NC(=O)COC(=O)CCC(=O)Nc2ccc(Cl)cc2)c(OC)c1. The molecule has 0 aliphatic carbocycles. The van der Waals surface area contributed by atoms with E-state index in [-0.39, 0.29) is 18.7 Å². The molecule has 2 N–H and O–H groups in total. The van der Waals surface area contributed by atoms with Crippen molar-refractivity contribution in [1.82, 2.24) is 0 Å². The fourth-order valence-electron chi connectivity index (χ4n) is 2.28. The van der Waals surface area contributed by atoms with Crippen LogP contribution in [0.1, 0.15) is 12.8 Å². The van der Waals surface area contributed by atoms with Gasteiger partial charge in [0.2, 0.25) is 5.91 Å².